The Morgan fingerprint density at radius 1 is 1.00 bits per heavy atom. The average Bonchev–Trinajstić information content (AvgIpc) is 2.52. The van der Waals surface area contributed by atoms with Gasteiger partial charge >= 0.3 is 0 Å². The summed E-state index contributed by atoms with van der Waals surface area (Å²) in [6, 6.07) is 17.7. The maximum Gasteiger partial charge on any atom is 0.0961 e. The second-order valence-corrected chi connectivity index (χ2v) is 5.13. The fraction of sp³-hybridized carbons (Fsp3) is 0.118. The summed E-state index contributed by atoms with van der Waals surface area (Å²) >= 11 is 5.97. The summed E-state index contributed by atoms with van der Waals surface area (Å²) in [7, 11) is 0. The third-order valence-corrected chi connectivity index (χ3v) is 3.44. The second-order valence-electron chi connectivity index (χ2n) is 4.69. The minimum Gasteiger partial charge on any atom is -0.256 e. The van der Waals surface area contributed by atoms with Crippen LogP contribution in [-0.4, -0.2) is 11.5 Å². The molecule has 0 radical (unpaired) electrons. The van der Waals surface area contributed by atoms with Gasteiger partial charge < -0.3 is 0 Å². The highest BCUT2D eigenvalue weighted by molar-refractivity contribution is 6.31. The largest absolute Gasteiger partial charge is 0.256 e. The third kappa shape index (κ3) is 3.44. The lowest BCUT2D eigenvalue weighted by Crippen LogP contribution is -1.87. The summed E-state index contributed by atoms with van der Waals surface area (Å²) in [6.45, 7) is 0.668. The molecule has 0 unspecified atom stereocenters. The van der Waals surface area contributed by atoms with Gasteiger partial charge in [-0.3, -0.25) is 4.98 Å². The van der Waals surface area contributed by atoms with Crippen molar-refractivity contribution in [3.8, 4) is 0 Å². The molecule has 21 heavy (non-hydrogen) atoms. The van der Waals surface area contributed by atoms with E-state index in [-0.39, 0.29) is 0 Å². The number of hydrogen-bond donors (Lipinski definition) is 0. The van der Waals surface area contributed by atoms with Crippen molar-refractivity contribution in [2.45, 2.75) is 6.42 Å². The molecule has 0 spiro atoms. The highest BCUT2D eigenvalue weighted by atomic mass is 35.5. The highest BCUT2D eigenvalue weighted by Gasteiger charge is 2.01. The summed E-state index contributed by atoms with van der Waals surface area (Å²) in [5, 5.41) is 10.2. The van der Waals surface area contributed by atoms with Crippen molar-refractivity contribution in [1.29, 1.82) is 0 Å². The fourth-order valence-electron chi connectivity index (χ4n) is 2.14. The quantitative estimate of drug-likeness (QED) is 0.608. The van der Waals surface area contributed by atoms with E-state index < -0.39 is 0 Å². The van der Waals surface area contributed by atoms with E-state index in [2.05, 4.69) is 27.3 Å². The molecule has 0 saturated carbocycles. The number of fused-ring (bicyclic) bond motifs is 1. The Morgan fingerprint density at radius 2 is 1.86 bits per heavy atom. The van der Waals surface area contributed by atoms with Crippen LogP contribution in [-0.2, 0) is 6.42 Å². The van der Waals surface area contributed by atoms with Crippen LogP contribution in [0.4, 0.5) is 5.69 Å². The van der Waals surface area contributed by atoms with E-state index in [4.69, 9.17) is 11.6 Å². The summed E-state index contributed by atoms with van der Waals surface area (Å²) in [5.41, 5.74) is 2.93. The monoisotopic (exact) mass is 295 g/mol. The lowest BCUT2D eigenvalue weighted by molar-refractivity contribution is 0.904. The second kappa shape index (κ2) is 6.46. The number of aromatic nitrogens is 1. The molecule has 0 N–H and O–H groups in total. The van der Waals surface area contributed by atoms with Gasteiger partial charge in [-0.05, 0) is 36.2 Å². The molecule has 2 aromatic carbocycles. The zero-order valence-electron chi connectivity index (χ0n) is 11.4. The molecule has 3 nitrogen and oxygen atoms in total. The Bertz CT molecular complexity index is 769. The van der Waals surface area contributed by atoms with E-state index in [1.807, 2.05) is 42.5 Å². The predicted molar refractivity (Wildman–Crippen MR) is 86.3 cm³/mol. The smallest absolute Gasteiger partial charge is 0.0961 e. The summed E-state index contributed by atoms with van der Waals surface area (Å²) < 4.78 is 0. The molecule has 0 atom stereocenters. The van der Waals surface area contributed by atoms with E-state index in [1.54, 1.807) is 6.20 Å². The zero-order valence-corrected chi connectivity index (χ0v) is 12.2. The van der Waals surface area contributed by atoms with Crippen molar-refractivity contribution in [3.63, 3.8) is 0 Å². The first-order chi connectivity index (χ1) is 10.3. The van der Waals surface area contributed by atoms with E-state index >= 15 is 0 Å². The van der Waals surface area contributed by atoms with Crippen molar-refractivity contribution in [2.24, 2.45) is 10.2 Å². The standard InChI is InChI=1S/C17H14ClN3/c18-14-6-7-15-16(9-10-19-17(15)12-14)21-20-11-8-13-4-2-1-3-5-13/h1-7,9-10,12H,8,11H2. The Labute approximate surface area is 128 Å². The fourth-order valence-corrected chi connectivity index (χ4v) is 2.31. The van der Waals surface area contributed by atoms with Crippen molar-refractivity contribution >= 4 is 28.2 Å². The predicted octanol–water partition coefficient (Wildman–Crippen LogP) is 5.21. The van der Waals surface area contributed by atoms with Gasteiger partial charge in [-0.15, -0.1) is 0 Å². The van der Waals surface area contributed by atoms with Gasteiger partial charge in [0.1, 0.15) is 0 Å². The Hall–Kier alpha value is -2.26. The number of pyridine rings is 1. The molecule has 0 aliphatic rings. The number of azo groups is 1. The number of halogens is 1. The molecule has 1 aromatic heterocycles. The SMILES string of the molecule is Clc1ccc2c(N=NCCc3ccccc3)ccnc2c1. The Balaban J connectivity index is 1.74. The van der Waals surface area contributed by atoms with Gasteiger partial charge in [0, 0.05) is 16.6 Å². The number of benzene rings is 2. The van der Waals surface area contributed by atoms with Gasteiger partial charge in [0.2, 0.25) is 0 Å². The van der Waals surface area contributed by atoms with Gasteiger partial charge in [0.15, 0.2) is 0 Å². The summed E-state index contributed by atoms with van der Waals surface area (Å²) in [6.07, 6.45) is 2.61. The molecular formula is C17H14ClN3. The van der Waals surface area contributed by atoms with Crippen molar-refractivity contribution in [2.75, 3.05) is 6.54 Å². The molecule has 0 bridgehead atoms. The van der Waals surface area contributed by atoms with Crippen LogP contribution in [0.2, 0.25) is 5.02 Å². The van der Waals surface area contributed by atoms with Gasteiger partial charge in [0.05, 0.1) is 17.7 Å². The average molecular weight is 296 g/mol. The van der Waals surface area contributed by atoms with E-state index in [9.17, 15) is 0 Å². The lowest BCUT2D eigenvalue weighted by atomic mass is 10.2. The van der Waals surface area contributed by atoms with Crippen molar-refractivity contribution in [1.82, 2.24) is 4.98 Å². The van der Waals surface area contributed by atoms with Crippen LogP contribution < -0.4 is 0 Å². The van der Waals surface area contributed by atoms with Crippen LogP contribution in [0.1, 0.15) is 5.56 Å². The first-order valence-electron chi connectivity index (χ1n) is 6.78. The molecule has 104 valence electrons. The summed E-state index contributed by atoms with van der Waals surface area (Å²) in [5.74, 6) is 0. The molecule has 3 aromatic rings. The van der Waals surface area contributed by atoms with E-state index in [0.29, 0.717) is 11.6 Å². The summed E-state index contributed by atoms with van der Waals surface area (Å²) in [4.78, 5) is 4.29. The van der Waals surface area contributed by atoms with Crippen LogP contribution in [0.15, 0.2) is 71.0 Å². The normalized spacial score (nSPS) is 11.3. The molecule has 3 rings (SSSR count). The third-order valence-electron chi connectivity index (χ3n) is 3.20. The molecular weight excluding hydrogens is 282 g/mol. The Morgan fingerprint density at radius 3 is 2.71 bits per heavy atom. The minimum absolute atomic E-state index is 0.668. The molecule has 4 heteroatoms. The van der Waals surface area contributed by atoms with Crippen LogP contribution in [0, 0.1) is 0 Å². The molecule has 0 saturated heterocycles. The highest BCUT2D eigenvalue weighted by Crippen LogP contribution is 2.26. The Kier molecular flexibility index (Phi) is 4.22. The van der Waals surface area contributed by atoms with Gasteiger partial charge in [-0.1, -0.05) is 41.9 Å². The number of rotatable bonds is 4. The maximum absolute atomic E-state index is 5.97. The van der Waals surface area contributed by atoms with Gasteiger partial charge in [-0.25, -0.2) is 0 Å². The lowest BCUT2D eigenvalue weighted by Gasteiger charge is -2.01. The van der Waals surface area contributed by atoms with E-state index in [0.717, 1.165) is 23.0 Å². The van der Waals surface area contributed by atoms with Crippen LogP contribution >= 0.6 is 11.6 Å². The van der Waals surface area contributed by atoms with Crippen LogP contribution in [0.25, 0.3) is 10.9 Å². The van der Waals surface area contributed by atoms with Gasteiger partial charge in [0.25, 0.3) is 0 Å². The van der Waals surface area contributed by atoms with Crippen LogP contribution in [0.3, 0.4) is 0 Å². The number of hydrogen-bond acceptors (Lipinski definition) is 3. The van der Waals surface area contributed by atoms with Crippen molar-refractivity contribution in [3.05, 3.63) is 71.4 Å². The first-order valence-corrected chi connectivity index (χ1v) is 7.16. The molecule has 0 amide bonds. The van der Waals surface area contributed by atoms with Crippen molar-refractivity contribution < 1.29 is 0 Å². The zero-order chi connectivity index (χ0) is 14.5. The van der Waals surface area contributed by atoms with E-state index in [1.165, 1.54) is 5.56 Å². The maximum atomic E-state index is 5.97. The van der Waals surface area contributed by atoms with Crippen LogP contribution in [0.5, 0.6) is 0 Å². The first kappa shape index (κ1) is 13.7. The molecule has 0 fully saturated rings. The van der Waals surface area contributed by atoms with Gasteiger partial charge in [-0.2, -0.15) is 10.2 Å². The molecule has 0 aliphatic carbocycles. The topological polar surface area (TPSA) is 37.6 Å². The molecule has 0 aliphatic heterocycles. The molecule has 1 heterocycles. The minimum atomic E-state index is 0.668. The number of nitrogens with zero attached hydrogens (tertiary/aromatic N) is 3.